The Bertz CT molecular complexity index is 704. The van der Waals surface area contributed by atoms with Gasteiger partial charge in [0, 0.05) is 29.2 Å². The third-order valence-corrected chi connectivity index (χ3v) is 6.11. The van der Waals surface area contributed by atoms with Crippen molar-refractivity contribution in [2.45, 2.75) is 39.2 Å². The maximum atomic E-state index is 12.6. The van der Waals surface area contributed by atoms with Crippen LogP contribution in [0.5, 0.6) is 0 Å². The van der Waals surface area contributed by atoms with Gasteiger partial charge < -0.3 is 10.2 Å². The summed E-state index contributed by atoms with van der Waals surface area (Å²) in [6.45, 7) is 7.55. The number of aryl methyl sites for hydroxylation is 1. The quantitative estimate of drug-likeness (QED) is 0.882. The summed E-state index contributed by atoms with van der Waals surface area (Å²) in [6, 6.07) is 6.39. The fourth-order valence-corrected chi connectivity index (χ4v) is 4.70. The highest BCUT2D eigenvalue weighted by atomic mass is 35.5. The van der Waals surface area contributed by atoms with Gasteiger partial charge in [0.2, 0.25) is 0 Å². The Hall–Kier alpha value is -1.10. The van der Waals surface area contributed by atoms with Gasteiger partial charge in [0.1, 0.15) is 4.88 Å². The first-order chi connectivity index (χ1) is 11.1. The number of nitrogens with zero attached hydrogens (tertiary/aromatic N) is 1. The highest BCUT2D eigenvalue weighted by molar-refractivity contribution is 7.21. The molecule has 124 valence electrons. The molecule has 1 N–H and O–H groups in total. The first-order valence-electron chi connectivity index (χ1n) is 8.30. The maximum Gasteiger partial charge on any atom is 0.263 e. The number of carbonyl (C=O) groups is 1. The van der Waals surface area contributed by atoms with Crippen LogP contribution in [-0.2, 0) is 0 Å². The number of hydrogen-bond donors (Lipinski definition) is 1. The molecular weight excluding hydrogens is 328 g/mol. The number of amides is 1. The number of thiophene rings is 1. The standard InChI is InChI=1S/C18H23ClN2OS/c1-3-8-21-9-6-13(7-10-21)20-18(22)17-16(19)14-5-4-12(2)11-15(14)23-17/h4-5,11,13H,3,6-10H2,1-2H3,(H,20,22). The van der Waals surface area contributed by atoms with Gasteiger partial charge in [-0.05, 0) is 44.4 Å². The number of piperidine rings is 1. The molecule has 2 heterocycles. The molecule has 2 aromatic rings. The Morgan fingerprint density at radius 1 is 1.39 bits per heavy atom. The van der Waals surface area contributed by atoms with Crippen LogP contribution in [-0.4, -0.2) is 36.5 Å². The summed E-state index contributed by atoms with van der Waals surface area (Å²) < 4.78 is 1.08. The number of benzene rings is 1. The lowest BCUT2D eigenvalue weighted by Gasteiger charge is -2.32. The molecule has 0 bridgehead atoms. The summed E-state index contributed by atoms with van der Waals surface area (Å²) in [6.07, 6.45) is 3.23. The van der Waals surface area contributed by atoms with Crippen molar-refractivity contribution in [2.24, 2.45) is 0 Å². The van der Waals surface area contributed by atoms with E-state index in [0.717, 1.165) is 42.6 Å². The van der Waals surface area contributed by atoms with Crippen LogP contribution in [0.4, 0.5) is 0 Å². The first kappa shape index (κ1) is 16.7. The van der Waals surface area contributed by atoms with Gasteiger partial charge in [0.25, 0.3) is 5.91 Å². The van der Waals surface area contributed by atoms with Crippen LogP contribution in [0.3, 0.4) is 0 Å². The second-order valence-electron chi connectivity index (χ2n) is 6.33. The van der Waals surface area contributed by atoms with Gasteiger partial charge in [-0.3, -0.25) is 4.79 Å². The molecule has 0 radical (unpaired) electrons. The van der Waals surface area contributed by atoms with Gasteiger partial charge in [-0.15, -0.1) is 11.3 Å². The molecule has 0 aliphatic carbocycles. The number of hydrogen-bond acceptors (Lipinski definition) is 3. The smallest absolute Gasteiger partial charge is 0.263 e. The van der Waals surface area contributed by atoms with E-state index in [1.807, 2.05) is 12.1 Å². The molecule has 1 amide bonds. The third-order valence-electron chi connectivity index (χ3n) is 4.45. The lowest BCUT2D eigenvalue weighted by Crippen LogP contribution is -2.44. The molecule has 1 aromatic heterocycles. The lowest BCUT2D eigenvalue weighted by molar-refractivity contribution is 0.0915. The van der Waals surface area contributed by atoms with E-state index in [4.69, 9.17) is 11.6 Å². The first-order valence-corrected chi connectivity index (χ1v) is 9.49. The van der Waals surface area contributed by atoms with E-state index in [0.29, 0.717) is 9.90 Å². The number of fused-ring (bicyclic) bond motifs is 1. The topological polar surface area (TPSA) is 32.3 Å². The molecule has 0 atom stereocenters. The third kappa shape index (κ3) is 3.70. The van der Waals surface area contributed by atoms with Gasteiger partial charge in [0.15, 0.2) is 0 Å². The van der Waals surface area contributed by atoms with Crippen molar-refractivity contribution in [3.05, 3.63) is 33.7 Å². The van der Waals surface area contributed by atoms with E-state index in [-0.39, 0.29) is 11.9 Å². The number of carbonyl (C=O) groups excluding carboxylic acids is 1. The number of halogens is 1. The minimum absolute atomic E-state index is 0.0252. The minimum Gasteiger partial charge on any atom is -0.348 e. The maximum absolute atomic E-state index is 12.6. The molecule has 0 spiro atoms. The van der Waals surface area contributed by atoms with Crippen LogP contribution in [0.2, 0.25) is 5.02 Å². The highest BCUT2D eigenvalue weighted by Gasteiger charge is 2.23. The molecule has 3 nitrogen and oxygen atoms in total. The highest BCUT2D eigenvalue weighted by Crippen LogP contribution is 2.35. The summed E-state index contributed by atoms with van der Waals surface area (Å²) >= 11 is 7.92. The summed E-state index contributed by atoms with van der Waals surface area (Å²) in [4.78, 5) is 15.7. The van der Waals surface area contributed by atoms with E-state index in [1.165, 1.54) is 23.3 Å². The molecular formula is C18H23ClN2OS. The van der Waals surface area contributed by atoms with Crippen LogP contribution in [0.1, 0.15) is 41.4 Å². The molecule has 3 rings (SSSR count). The van der Waals surface area contributed by atoms with Crippen LogP contribution >= 0.6 is 22.9 Å². The summed E-state index contributed by atoms with van der Waals surface area (Å²) in [7, 11) is 0. The van der Waals surface area contributed by atoms with Crippen molar-refractivity contribution in [1.82, 2.24) is 10.2 Å². The van der Waals surface area contributed by atoms with Crippen molar-refractivity contribution in [1.29, 1.82) is 0 Å². The summed E-state index contributed by atoms with van der Waals surface area (Å²) in [5.74, 6) is -0.0252. The number of rotatable bonds is 4. The molecule has 1 aliphatic rings. The second-order valence-corrected chi connectivity index (χ2v) is 7.76. The van der Waals surface area contributed by atoms with Gasteiger partial charge in [0.05, 0.1) is 5.02 Å². The average Bonchev–Trinajstić information content (AvgIpc) is 2.86. The van der Waals surface area contributed by atoms with E-state index in [9.17, 15) is 4.79 Å². The number of nitrogens with one attached hydrogen (secondary N) is 1. The molecule has 1 aromatic carbocycles. The second kappa shape index (κ2) is 7.20. The molecule has 23 heavy (non-hydrogen) atoms. The zero-order valence-corrected chi connectivity index (χ0v) is 15.3. The fourth-order valence-electron chi connectivity index (χ4n) is 3.19. The zero-order valence-electron chi connectivity index (χ0n) is 13.7. The fraction of sp³-hybridized carbons (Fsp3) is 0.500. The molecule has 5 heteroatoms. The summed E-state index contributed by atoms with van der Waals surface area (Å²) in [5.41, 5.74) is 1.19. The predicted molar refractivity (Wildman–Crippen MR) is 98.8 cm³/mol. The van der Waals surface area contributed by atoms with Crippen molar-refractivity contribution in [2.75, 3.05) is 19.6 Å². The zero-order chi connectivity index (χ0) is 16.4. The van der Waals surface area contributed by atoms with Crippen LogP contribution in [0, 0.1) is 6.92 Å². The SMILES string of the molecule is CCCN1CCC(NC(=O)c2sc3cc(C)ccc3c2Cl)CC1. The van der Waals surface area contributed by atoms with Crippen LogP contribution < -0.4 is 5.32 Å². The van der Waals surface area contributed by atoms with Crippen LogP contribution in [0.25, 0.3) is 10.1 Å². The van der Waals surface area contributed by atoms with Gasteiger partial charge in [-0.1, -0.05) is 30.7 Å². The minimum atomic E-state index is -0.0252. The molecule has 0 unspecified atom stereocenters. The molecule has 0 saturated carbocycles. The van der Waals surface area contributed by atoms with Crippen LogP contribution in [0.15, 0.2) is 18.2 Å². The van der Waals surface area contributed by atoms with E-state index >= 15 is 0 Å². The summed E-state index contributed by atoms with van der Waals surface area (Å²) in [5, 5.41) is 4.74. The van der Waals surface area contributed by atoms with Gasteiger partial charge >= 0.3 is 0 Å². The Morgan fingerprint density at radius 2 is 2.13 bits per heavy atom. The lowest BCUT2D eigenvalue weighted by atomic mass is 10.0. The van der Waals surface area contributed by atoms with E-state index < -0.39 is 0 Å². The Morgan fingerprint density at radius 3 is 2.83 bits per heavy atom. The molecule has 1 saturated heterocycles. The Balaban J connectivity index is 1.68. The van der Waals surface area contributed by atoms with Crippen molar-refractivity contribution >= 4 is 38.9 Å². The van der Waals surface area contributed by atoms with Crippen molar-refractivity contribution in [3.8, 4) is 0 Å². The largest absolute Gasteiger partial charge is 0.348 e. The Labute approximate surface area is 146 Å². The van der Waals surface area contributed by atoms with E-state index in [2.05, 4.69) is 30.1 Å². The monoisotopic (exact) mass is 350 g/mol. The Kier molecular flexibility index (Phi) is 5.24. The van der Waals surface area contributed by atoms with Gasteiger partial charge in [-0.2, -0.15) is 0 Å². The van der Waals surface area contributed by atoms with Crippen molar-refractivity contribution in [3.63, 3.8) is 0 Å². The van der Waals surface area contributed by atoms with E-state index in [1.54, 1.807) is 0 Å². The average molecular weight is 351 g/mol. The number of likely N-dealkylation sites (tertiary alicyclic amines) is 1. The molecule has 1 fully saturated rings. The normalized spacial score (nSPS) is 16.8. The predicted octanol–water partition coefficient (Wildman–Crippen LogP) is 4.47. The van der Waals surface area contributed by atoms with Gasteiger partial charge in [-0.25, -0.2) is 0 Å². The molecule has 1 aliphatic heterocycles. The van der Waals surface area contributed by atoms with Crippen molar-refractivity contribution < 1.29 is 4.79 Å².